The average Bonchev–Trinajstić information content (AvgIpc) is 2.37. The number of nitrogens with zero attached hydrogens (tertiary/aromatic N) is 1. The van der Waals surface area contributed by atoms with Crippen LogP contribution in [0.25, 0.3) is 0 Å². The molecule has 20 heavy (non-hydrogen) atoms. The summed E-state index contributed by atoms with van der Waals surface area (Å²) in [5, 5.41) is 13.4. The highest BCUT2D eigenvalue weighted by Crippen LogP contribution is 2.43. The van der Waals surface area contributed by atoms with Crippen molar-refractivity contribution in [2.24, 2.45) is 0 Å². The Bertz CT molecular complexity index is 457. The van der Waals surface area contributed by atoms with E-state index in [9.17, 15) is 5.11 Å². The quantitative estimate of drug-likeness (QED) is 0.609. The van der Waals surface area contributed by atoms with Gasteiger partial charge in [-0.1, -0.05) is 15.9 Å². The van der Waals surface area contributed by atoms with Crippen molar-refractivity contribution in [3.05, 3.63) is 25.0 Å². The number of halogens is 5. The normalized spacial score (nSPS) is 17.0. The predicted octanol–water partition coefficient (Wildman–Crippen LogP) is 4.49. The van der Waals surface area contributed by atoms with Gasteiger partial charge >= 0.3 is 0 Å². The van der Waals surface area contributed by atoms with Gasteiger partial charge in [0.2, 0.25) is 0 Å². The molecule has 1 aliphatic rings. The third kappa shape index (κ3) is 4.48. The fourth-order valence-corrected chi connectivity index (χ4v) is 5.01. The lowest BCUT2D eigenvalue weighted by atomic mass is 10.1. The maximum atomic E-state index is 10.0. The number of phenolic OH excluding ortho intramolecular Hbond substituents is 1. The van der Waals surface area contributed by atoms with Crippen LogP contribution in [0, 0.1) is 0 Å². The minimum atomic E-state index is 0. The van der Waals surface area contributed by atoms with E-state index < -0.39 is 0 Å². The fourth-order valence-electron chi connectivity index (χ4n) is 2.23. The van der Waals surface area contributed by atoms with E-state index in [0.717, 1.165) is 40.7 Å². The van der Waals surface area contributed by atoms with Crippen LogP contribution in [0.1, 0.15) is 18.5 Å². The van der Waals surface area contributed by atoms with Gasteiger partial charge in [-0.15, -0.1) is 24.8 Å². The zero-order chi connectivity index (χ0) is 13.3. The van der Waals surface area contributed by atoms with Gasteiger partial charge in [0.25, 0.3) is 0 Å². The molecule has 2 N–H and O–H groups in total. The summed E-state index contributed by atoms with van der Waals surface area (Å²) in [4.78, 5) is 2.41. The predicted molar refractivity (Wildman–Crippen MR) is 98.6 cm³/mol. The molecule has 3 nitrogen and oxygen atoms in total. The van der Waals surface area contributed by atoms with Crippen LogP contribution >= 0.6 is 72.6 Å². The second-order valence-electron chi connectivity index (χ2n) is 4.38. The minimum Gasteiger partial charge on any atom is -0.506 e. The number of rotatable bonds is 2. The second-order valence-corrected chi connectivity index (χ2v) is 6.88. The smallest absolute Gasteiger partial charge is 0.144 e. The molecule has 2 rings (SSSR count). The summed E-state index contributed by atoms with van der Waals surface area (Å²) in [6.45, 7) is 6.25. The van der Waals surface area contributed by atoms with Crippen molar-refractivity contribution in [2.45, 2.75) is 13.0 Å². The molecule has 0 aromatic heterocycles. The molecule has 0 amide bonds. The summed E-state index contributed by atoms with van der Waals surface area (Å²) < 4.78 is 2.46. The third-order valence-corrected chi connectivity index (χ3v) is 5.36. The molecule has 1 heterocycles. The molecule has 0 spiro atoms. The Morgan fingerprint density at radius 2 is 1.70 bits per heavy atom. The molecular formula is C12H17Br3Cl2N2O. The van der Waals surface area contributed by atoms with Gasteiger partial charge in [-0.05, 0) is 44.8 Å². The maximum absolute atomic E-state index is 10.0. The zero-order valence-electron chi connectivity index (χ0n) is 10.8. The SMILES string of the molecule is C[C@H](c1c(Br)cc(Br)c(O)c1Br)N1CCNCC1.Cl.Cl. The molecule has 8 heteroatoms. The van der Waals surface area contributed by atoms with E-state index in [-0.39, 0.29) is 36.6 Å². The van der Waals surface area contributed by atoms with Gasteiger partial charge in [0.1, 0.15) is 5.75 Å². The lowest BCUT2D eigenvalue weighted by Gasteiger charge is -2.34. The molecule has 1 aliphatic heterocycles. The first-order valence-corrected chi connectivity index (χ1v) is 8.21. The number of hydrogen-bond acceptors (Lipinski definition) is 3. The average molecular weight is 516 g/mol. The molecule has 0 aliphatic carbocycles. The van der Waals surface area contributed by atoms with Crippen molar-refractivity contribution >= 4 is 72.6 Å². The molecule has 1 aromatic rings. The summed E-state index contributed by atoms with van der Waals surface area (Å²) in [6, 6.07) is 2.16. The number of benzene rings is 1. The highest BCUT2D eigenvalue weighted by atomic mass is 79.9. The third-order valence-electron chi connectivity index (χ3n) is 3.30. The molecule has 1 aromatic carbocycles. The topological polar surface area (TPSA) is 35.5 Å². The second kappa shape index (κ2) is 9.18. The van der Waals surface area contributed by atoms with Crippen molar-refractivity contribution in [1.29, 1.82) is 0 Å². The van der Waals surface area contributed by atoms with Crippen LogP contribution in [0.3, 0.4) is 0 Å². The van der Waals surface area contributed by atoms with E-state index in [4.69, 9.17) is 0 Å². The van der Waals surface area contributed by atoms with Crippen molar-refractivity contribution in [3.8, 4) is 5.75 Å². The van der Waals surface area contributed by atoms with Gasteiger partial charge in [0.05, 0.1) is 8.95 Å². The molecule has 1 fully saturated rings. The van der Waals surface area contributed by atoms with Gasteiger partial charge in [0.15, 0.2) is 0 Å². The van der Waals surface area contributed by atoms with Crippen LogP contribution in [0.4, 0.5) is 0 Å². The van der Waals surface area contributed by atoms with Crippen LogP contribution < -0.4 is 5.32 Å². The van der Waals surface area contributed by atoms with Gasteiger partial charge in [-0.25, -0.2) is 0 Å². The number of piperazine rings is 1. The summed E-state index contributed by atoms with van der Waals surface area (Å²) in [5.74, 6) is 0.259. The van der Waals surface area contributed by atoms with Gasteiger partial charge in [0, 0.05) is 42.3 Å². The summed E-state index contributed by atoms with van der Waals surface area (Å²) >= 11 is 10.4. The Morgan fingerprint density at radius 1 is 1.15 bits per heavy atom. The standard InChI is InChI=1S/C12H15Br3N2O.2ClH/c1-7(17-4-2-16-3-5-17)10-8(13)6-9(14)12(18)11(10)15;;/h6-7,16,18H,2-5H2,1H3;2*1H/t7-;;/m1../s1. The Balaban J connectivity index is 0.00000180. The van der Waals surface area contributed by atoms with E-state index >= 15 is 0 Å². The number of hydrogen-bond donors (Lipinski definition) is 2. The van der Waals surface area contributed by atoms with Crippen molar-refractivity contribution in [1.82, 2.24) is 10.2 Å². The number of nitrogens with one attached hydrogen (secondary N) is 1. The van der Waals surface area contributed by atoms with Crippen LogP contribution in [0.2, 0.25) is 0 Å². The van der Waals surface area contributed by atoms with Crippen molar-refractivity contribution in [2.75, 3.05) is 26.2 Å². The maximum Gasteiger partial charge on any atom is 0.144 e. The summed E-state index contributed by atoms with van der Waals surface area (Å²) in [6.07, 6.45) is 0. The van der Waals surface area contributed by atoms with Crippen LogP contribution in [-0.4, -0.2) is 36.2 Å². The minimum absolute atomic E-state index is 0. The van der Waals surface area contributed by atoms with E-state index in [1.165, 1.54) is 0 Å². The number of aromatic hydroxyl groups is 1. The largest absolute Gasteiger partial charge is 0.506 e. The van der Waals surface area contributed by atoms with Crippen LogP contribution in [0.5, 0.6) is 5.75 Å². The van der Waals surface area contributed by atoms with E-state index in [1.807, 2.05) is 6.07 Å². The molecule has 0 radical (unpaired) electrons. The molecule has 1 atom stereocenters. The molecule has 0 saturated carbocycles. The summed E-state index contributed by atoms with van der Waals surface area (Å²) in [5.41, 5.74) is 1.10. The monoisotopic (exact) mass is 512 g/mol. The zero-order valence-corrected chi connectivity index (χ0v) is 17.2. The molecule has 0 unspecified atom stereocenters. The highest BCUT2D eigenvalue weighted by molar-refractivity contribution is 9.11. The van der Waals surface area contributed by atoms with Gasteiger partial charge in [-0.3, -0.25) is 4.90 Å². The Kier molecular flexibility index (Phi) is 9.62. The Labute approximate surface area is 157 Å². The Hall–Kier alpha value is 0.960. The van der Waals surface area contributed by atoms with Gasteiger partial charge in [-0.2, -0.15) is 0 Å². The highest BCUT2D eigenvalue weighted by Gasteiger charge is 2.24. The first-order chi connectivity index (χ1) is 8.52. The summed E-state index contributed by atoms with van der Waals surface area (Å²) in [7, 11) is 0. The lowest BCUT2D eigenvalue weighted by molar-refractivity contribution is 0.184. The Morgan fingerprint density at radius 3 is 2.25 bits per heavy atom. The van der Waals surface area contributed by atoms with E-state index in [1.54, 1.807) is 0 Å². The molecule has 116 valence electrons. The van der Waals surface area contributed by atoms with E-state index in [2.05, 4.69) is 64.9 Å². The number of phenols is 1. The van der Waals surface area contributed by atoms with Crippen molar-refractivity contribution in [3.63, 3.8) is 0 Å². The van der Waals surface area contributed by atoms with Crippen molar-refractivity contribution < 1.29 is 5.11 Å². The first-order valence-electron chi connectivity index (χ1n) is 5.83. The van der Waals surface area contributed by atoms with Gasteiger partial charge < -0.3 is 10.4 Å². The molecule has 0 bridgehead atoms. The molecule has 1 saturated heterocycles. The van der Waals surface area contributed by atoms with Crippen LogP contribution in [0.15, 0.2) is 19.5 Å². The van der Waals surface area contributed by atoms with Crippen LogP contribution in [-0.2, 0) is 0 Å². The first kappa shape index (κ1) is 21.0. The molecular weight excluding hydrogens is 499 g/mol. The fraction of sp³-hybridized carbons (Fsp3) is 0.500. The van der Waals surface area contributed by atoms with E-state index in [0.29, 0.717) is 4.47 Å². The lowest BCUT2D eigenvalue weighted by Crippen LogP contribution is -2.44.